The Labute approximate surface area is 132 Å². The maximum Gasteiger partial charge on any atom is 0.0701 e. The predicted octanol–water partition coefficient (Wildman–Crippen LogP) is 2.90. The molecule has 0 bridgehead atoms. The van der Waals surface area contributed by atoms with Gasteiger partial charge in [-0.25, -0.2) is 0 Å². The minimum absolute atomic E-state index is 0.173. The van der Waals surface area contributed by atoms with Crippen molar-refractivity contribution in [3.05, 3.63) is 0 Å². The van der Waals surface area contributed by atoms with E-state index in [4.69, 9.17) is 10.6 Å². The van der Waals surface area contributed by atoms with Crippen LogP contribution in [-0.2, 0) is 4.74 Å². The van der Waals surface area contributed by atoms with E-state index in [1.54, 1.807) is 0 Å². The van der Waals surface area contributed by atoms with Gasteiger partial charge in [-0.1, -0.05) is 13.8 Å². The first-order valence-electron chi connectivity index (χ1n) is 7.91. The maximum atomic E-state index is 6.19. The molecule has 3 N–H and O–H groups in total. The first kappa shape index (κ1) is 16.9. The van der Waals surface area contributed by atoms with Crippen LogP contribution in [-0.4, -0.2) is 41.3 Å². The van der Waals surface area contributed by atoms with E-state index < -0.39 is 0 Å². The summed E-state index contributed by atoms with van der Waals surface area (Å²) in [5.41, 5.74) is 3.26. The molecule has 118 valence electrons. The molecule has 2 fully saturated rings. The van der Waals surface area contributed by atoms with E-state index in [0.717, 1.165) is 24.7 Å². The van der Waals surface area contributed by atoms with Crippen LogP contribution in [0.1, 0.15) is 39.5 Å². The van der Waals surface area contributed by atoms with Crippen molar-refractivity contribution in [3.63, 3.8) is 0 Å². The summed E-state index contributed by atoms with van der Waals surface area (Å²) in [7, 11) is 0. The molecule has 3 nitrogen and oxygen atoms in total. The molecule has 0 aliphatic carbocycles. The van der Waals surface area contributed by atoms with Crippen molar-refractivity contribution < 1.29 is 4.74 Å². The quantitative estimate of drug-likeness (QED) is 0.582. The van der Waals surface area contributed by atoms with Gasteiger partial charge in [-0.05, 0) is 54.8 Å². The second kappa shape index (κ2) is 8.28. The molecule has 2 atom stereocenters. The van der Waals surface area contributed by atoms with Gasteiger partial charge in [-0.2, -0.15) is 23.5 Å². The van der Waals surface area contributed by atoms with Crippen LogP contribution in [0.25, 0.3) is 0 Å². The first-order valence-corrected chi connectivity index (χ1v) is 10.2. The van der Waals surface area contributed by atoms with Gasteiger partial charge in [0.1, 0.15) is 0 Å². The van der Waals surface area contributed by atoms with Gasteiger partial charge in [-0.15, -0.1) is 0 Å². The number of nitrogens with one attached hydrogen (secondary N) is 1. The van der Waals surface area contributed by atoms with Crippen molar-refractivity contribution in [1.29, 1.82) is 0 Å². The normalized spacial score (nSPS) is 27.9. The molecule has 2 aliphatic heterocycles. The average molecular weight is 319 g/mol. The summed E-state index contributed by atoms with van der Waals surface area (Å²) in [6.45, 7) is 5.48. The fourth-order valence-corrected chi connectivity index (χ4v) is 5.72. The summed E-state index contributed by atoms with van der Waals surface area (Å²) in [5, 5.41) is 0. The number of rotatable bonds is 6. The van der Waals surface area contributed by atoms with Crippen LogP contribution >= 0.6 is 23.5 Å². The van der Waals surface area contributed by atoms with Crippen LogP contribution in [0.15, 0.2) is 0 Å². The fourth-order valence-electron chi connectivity index (χ4n) is 3.25. The highest BCUT2D eigenvalue weighted by atomic mass is 32.2. The Hall–Kier alpha value is 0.580. The molecule has 2 saturated heterocycles. The average Bonchev–Trinajstić information content (AvgIpc) is 2.44. The van der Waals surface area contributed by atoms with Crippen LogP contribution < -0.4 is 11.3 Å². The van der Waals surface area contributed by atoms with Gasteiger partial charge >= 0.3 is 0 Å². The van der Waals surface area contributed by atoms with Crippen molar-refractivity contribution in [3.8, 4) is 0 Å². The molecule has 0 amide bonds. The molecule has 20 heavy (non-hydrogen) atoms. The zero-order chi connectivity index (χ0) is 14.4. The van der Waals surface area contributed by atoms with Crippen molar-refractivity contribution in [1.82, 2.24) is 5.43 Å². The standard InChI is InChI=1S/C15H30N2OS2/c1-12(2)10-20-11-14(17-16)13-3-6-18-15(9-13)4-7-19-8-5-15/h12-14,17H,3-11,16H2,1-2H3. The highest BCUT2D eigenvalue weighted by Crippen LogP contribution is 2.40. The predicted molar refractivity (Wildman–Crippen MR) is 91.2 cm³/mol. The Morgan fingerprint density at radius 3 is 2.75 bits per heavy atom. The Morgan fingerprint density at radius 2 is 2.10 bits per heavy atom. The van der Waals surface area contributed by atoms with Crippen molar-refractivity contribution in [2.24, 2.45) is 17.7 Å². The van der Waals surface area contributed by atoms with Crippen molar-refractivity contribution >= 4 is 23.5 Å². The topological polar surface area (TPSA) is 47.3 Å². The highest BCUT2D eigenvalue weighted by Gasteiger charge is 2.40. The van der Waals surface area contributed by atoms with E-state index in [-0.39, 0.29) is 5.60 Å². The number of hydrogen-bond donors (Lipinski definition) is 2. The van der Waals surface area contributed by atoms with E-state index in [9.17, 15) is 0 Å². The molecule has 0 aromatic heterocycles. The minimum atomic E-state index is 0.173. The zero-order valence-corrected chi connectivity index (χ0v) is 14.5. The summed E-state index contributed by atoms with van der Waals surface area (Å²) in [6.07, 6.45) is 4.81. The van der Waals surface area contributed by atoms with Crippen LogP contribution in [0.5, 0.6) is 0 Å². The lowest BCUT2D eigenvalue weighted by molar-refractivity contribution is -0.106. The zero-order valence-electron chi connectivity index (χ0n) is 12.9. The second-order valence-corrected chi connectivity index (χ2v) is 8.90. The van der Waals surface area contributed by atoms with E-state index >= 15 is 0 Å². The highest BCUT2D eigenvalue weighted by molar-refractivity contribution is 7.99. The van der Waals surface area contributed by atoms with Gasteiger partial charge in [0.15, 0.2) is 0 Å². The Balaban J connectivity index is 1.85. The molecule has 0 radical (unpaired) electrons. The van der Waals surface area contributed by atoms with Crippen LogP contribution in [0.2, 0.25) is 0 Å². The lowest BCUT2D eigenvalue weighted by Gasteiger charge is -2.45. The molecule has 1 spiro atoms. The number of ether oxygens (including phenoxy) is 1. The molecule has 2 aliphatic rings. The molecule has 2 unspecified atom stereocenters. The van der Waals surface area contributed by atoms with E-state index in [1.807, 2.05) is 11.8 Å². The molecule has 2 heterocycles. The van der Waals surface area contributed by atoms with Crippen molar-refractivity contribution in [2.45, 2.75) is 51.2 Å². The second-order valence-electron chi connectivity index (χ2n) is 6.60. The number of thioether (sulfide) groups is 2. The van der Waals surface area contributed by atoms with E-state index in [0.29, 0.717) is 12.0 Å². The smallest absolute Gasteiger partial charge is 0.0701 e. The molecule has 2 rings (SSSR count). The lowest BCUT2D eigenvalue weighted by Crippen LogP contribution is -2.51. The van der Waals surface area contributed by atoms with Gasteiger partial charge in [0.2, 0.25) is 0 Å². The lowest BCUT2D eigenvalue weighted by atomic mass is 9.79. The third kappa shape index (κ3) is 4.80. The van der Waals surface area contributed by atoms with Crippen molar-refractivity contribution in [2.75, 3.05) is 29.6 Å². The molecular formula is C15H30N2OS2. The summed E-state index contributed by atoms with van der Waals surface area (Å²) in [6, 6.07) is 0.439. The molecule has 0 aromatic rings. The van der Waals surface area contributed by atoms with Gasteiger partial charge < -0.3 is 4.74 Å². The molecular weight excluding hydrogens is 288 g/mol. The monoisotopic (exact) mass is 318 g/mol. The molecule has 0 aromatic carbocycles. The Morgan fingerprint density at radius 1 is 1.35 bits per heavy atom. The number of hydrazine groups is 1. The maximum absolute atomic E-state index is 6.19. The summed E-state index contributed by atoms with van der Waals surface area (Å²) >= 11 is 4.11. The summed E-state index contributed by atoms with van der Waals surface area (Å²) in [5.74, 6) is 12.1. The van der Waals surface area contributed by atoms with Gasteiger partial charge in [0, 0.05) is 18.4 Å². The van der Waals surface area contributed by atoms with E-state index in [2.05, 4.69) is 31.0 Å². The third-order valence-corrected chi connectivity index (χ3v) is 6.95. The van der Waals surface area contributed by atoms with Crippen LogP contribution in [0.4, 0.5) is 0 Å². The SMILES string of the molecule is CC(C)CSCC(NN)C1CCOC2(CCSCC2)C1. The van der Waals surface area contributed by atoms with Crippen LogP contribution in [0, 0.1) is 11.8 Å². The van der Waals surface area contributed by atoms with Gasteiger partial charge in [0.25, 0.3) is 0 Å². The van der Waals surface area contributed by atoms with E-state index in [1.165, 1.54) is 36.5 Å². The molecule has 5 heteroatoms. The Kier molecular flexibility index (Phi) is 7.01. The van der Waals surface area contributed by atoms with Crippen LogP contribution in [0.3, 0.4) is 0 Å². The minimum Gasteiger partial charge on any atom is -0.375 e. The molecule has 0 saturated carbocycles. The largest absolute Gasteiger partial charge is 0.375 e. The summed E-state index contributed by atoms with van der Waals surface area (Å²) < 4.78 is 6.19. The first-order chi connectivity index (χ1) is 9.65. The van der Waals surface area contributed by atoms with Gasteiger partial charge in [0.05, 0.1) is 5.60 Å². The Bertz CT molecular complexity index is 278. The summed E-state index contributed by atoms with van der Waals surface area (Å²) in [4.78, 5) is 0. The number of nitrogens with two attached hydrogens (primary N) is 1. The third-order valence-electron chi connectivity index (χ3n) is 4.47. The number of hydrogen-bond acceptors (Lipinski definition) is 5. The fraction of sp³-hybridized carbons (Fsp3) is 1.00. The van der Waals surface area contributed by atoms with Gasteiger partial charge in [-0.3, -0.25) is 11.3 Å².